The third kappa shape index (κ3) is 1.99. The lowest BCUT2D eigenvalue weighted by molar-refractivity contribution is -0.0128. The number of benzene rings is 1. The first-order valence-corrected chi connectivity index (χ1v) is 6.01. The van der Waals surface area contributed by atoms with Crippen molar-refractivity contribution in [1.82, 2.24) is 0 Å². The minimum atomic E-state index is -0.807. The van der Waals surface area contributed by atoms with Gasteiger partial charge in [0.1, 0.15) is 5.82 Å². The Morgan fingerprint density at radius 1 is 1.31 bits per heavy atom. The highest BCUT2D eigenvalue weighted by molar-refractivity contribution is 5.32. The van der Waals surface area contributed by atoms with Crippen LogP contribution in [0.15, 0.2) is 18.2 Å². The van der Waals surface area contributed by atoms with Crippen molar-refractivity contribution >= 4 is 0 Å². The van der Waals surface area contributed by atoms with Gasteiger partial charge in [0.2, 0.25) is 0 Å². The van der Waals surface area contributed by atoms with Crippen molar-refractivity contribution in [2.75, 3.05) is 0 Å². The summed E-state index contributed by atoms with van der Waals surface area (Å²) >= 11 is 0. The van der Waals surface area contributed by atoms with Gasteiger partial charge in [-0.15, -0.1) is 0 Å². The second kappa shape index (κ2) is 4.17. The lowest BCUT2D eigenvalue weighted by Crippen LogP contribution is -2.31. The molecule has 1 aliphatic rings. The fourth-order valence-electron chi connectivity index (χ4n) is 2.62. The molecule has 1 saturated carbocycles. The van der Waals surface area contributed by atoms with Crippen molar-refractivity contribution in [2.24, 2.45) is 5.92 Å². The van der Waals surface area contributed by atoms with Crippen LogP contribution in [0.3, 0.4) is 0 Å². The third-order valence-electron chi connectivity index (χ3n) is 3.87. The van der Waals surface area contributed by atoms with Crippen LogP contribution in [0.25, 0.3) is 0 Å². The second-order valence-electron chi connectivity index (χ2n) is 5.13. The summed E-state index contributed by atoms with van der Waals surface area (Å²) in [4.78, 5) is 0. The molecular weight excluding hydrogens is 203 g/mol. The van der Waals surface area contributed by atoms with Crippen molar-refractivity contribution in [2.45, 2.75) is 45.1 Å². The maximum atomic E-state index is 13.5. The molecule has 1 N–H and O–H groups in total. The van der Waals surface area contributed by atoms with Crippen LogP contribution in [0.2, 0.25) is 0 Å². The Balaban J connectivity index is 2.32. The molecule has 0 saturated heterocycles. The molecule has 0 radical (unpaired) electrons. The van der Waals surface area contributed by atoms with E-state index in [0.717, 1.165) is 31.2 Å². The lowest BCUT2D eigenvalue weighted by atomic mass is 9.74. The van der Waals surface area contributed by atoms with Gasteiger partial charge in [-0.05, 0) is 55.7 Å². The molecule has 1 aromatic rings. The zero-order valence-electron chi connectivity index (χ0n) is 9.96. The summed E-state index contributed by atoms with van der Waals surface area (Å²) in [5.41, 5.74) is 0.567. The minimum Gasteiger partial charge on any atom is -0.385 e. The maximum Gasteiger partial charge on any atom is 0.126 e. The largest absolute Gasteiger partial charge is 0.385 e. The molecular formula is C14H19FO. The molecule has 2 heteroatoms. The summed E-state index contributed by atoms with van der Waals surface area (Å²) in [7, 11) is 0. The van der Waals surface area contributed by atoms with Crippen LogP contribution in [0, 0.1) is 18.7 Å². The molecule has 0 aliphatic heterocycles. The van der Waals surface area contributed by atoms with E-state index in [1.165, 1.54) is 6.07 Å². The zero-order valence-corrected chi connectivity index (χ0v) is 9.96. The average molecular weight is 222 g/mol. The average Bonchev–Trinajstić information content (AvgIpc) is 2.27. The Hall–Kier alpha value is -0.890. The molecule has 0 spiro atoms. The summed E-state index contributed by atoms with van der Waals surface area (Å²) in [6.07, 6.45) is 3.54. The third-order valence-corrected chi connectivity index (χ3v) is 3.87. The monoisotopic (exact) mass is 222 g/mol. The van der Waals surface area contributed by atoms with Crippen molar-refractivity contribution in [3.63, 3.8) is 0 Å². The maximum absolute atomic E-state index is 13.5. The van der Waals surface area contributed by atoms with E-state index < -0.39 is 5.60 Å². The predicted octanol–water partition coefficient (Wildman–Crippen LogP) is 3.53. The molecule has 1 nitrogen and oxygen atoms in total. The van der Waals surface area contributed by atoms with E-state index in [1.54, 1.807) is 13.0 Å². The first kappa shape index (κ1) is 11.6. The highest BCUT2D eigenvalue weighted by Gasteiger charge is 2.34. The van der Waals surface area contributed by atoms with Gasteiger partial charge in [-0.1, -0.05) is 19.1 Å². The highest BCUT2D eigenvalue weighted by Crippen LogP contribution is 2.40. The molecule has 1 fully saturated rings. The van der Waals surface area contributed by atoms with Gasteiger partial charge < -0.3 is 5.11 Å². The molecule has 0 bridgehead atoms. The van der Waals surface area contributed by atoms with Crippen molar-refractivity contribution in [3.8, 4) is 0 Å². The van der Waals surface area contributed by atoms with Gasteiger partial charge in [0.05, 0.1) is 5.60 Å². The van der Waals surface area contributed by atoms with E-state index in [1.807, 2.05) is 6.07 Å². The fourth-order valence-corrected chi connectivity index (χ4v) is 2.62. The van der Waals surface area contributed by atoms with E-state index in [9.17, 15) is 9.50 Å². The zero-order chi connectivity index (χ0) is 11.8. The molecule has 0 atom stereocenters. The topological polar surface area (TPSA) is 20.2 Å². The van der Waals surface area contributed by atoms with E-state index in [0.29, 0.717) is 11.5 Å². The quantitative estimate of drug-likeness (QED) is 0.770. The van der Waals surface area contributed by atoms with E-state index in [2.05, 4.69) is 6.92 Å². The molecule has 0 amide bonds. The van der Waals surface area contributed by atoms with Gasteiger partial charge in [-0.25, -0.2) is 4.39 Å². The Bertz CT molecular complexity index is 378. The predicted molar refractivity (Wildman–Crippen MR) is 62.7 cm³/mol. The van der Waals surface area contributed by atoms with Crippen LogP contribution >= 0.6 is 0 Å². The van der Waals surface area contributed by atoms with Gasteiger partial charge in [-0.2, -0.15) is 0 Å². The number of rotatable bonds is 1. The minimum absolute atomic E-state index is 0.218. The SMILES string of the molecule is Cc1c(F)cccc1C1(O)CCC(C)CC1. The highest BCUT2D eigenvalue weighted by atomic mass is 19.1. The lowest BCUT2D eigenvalue weighted by Gasteiger charge is -2.36. The van der Waals surface area contributed by atoms with E-state index in [4.69, 9.17) is 0 Å². The molecule has 0 heterocycles. The molecule has 1 aromatic carbocycles. The van der Waals surface area contributed by atoms with Crippen LogP contribution in [0.1, 0.15) is 43.7 Å². The van der Waals surface area contributed by atoms with Crippen LogP contribution in [-0.2, 0) is 5.60 Å². The molecule has 88 valence electrons. The van der Waals surface area contributed by atoms with Gasteiger partial charge in [-0.3, -0.25) is 0 Å². The molecule has 16 heavy (non-hydrogen) atoms. The Kier molecular flexibility index (Phi) is 3.02. The second-order valence-corrected chi connectivity index (χ2v) is 5.13. The summed E-state index contributed by atoms with van der Waals surface area (Å²) < 4.78 is 13.5. The van der Waals surface area contributed by atoms with Crippen molar-refractivity contribution < 1.29 is 9.50 Å². The number of hydrogen-bond donors (Lipinski definition) is 1. The van der Waals surface area contributed by atoms with Gasteiger partial charge in [0, 0.05) is 0 Å². The summed E-state index contributed by atoms with van der Waals surface area (Å²) in [6, 6.07) is 5.00. The number of aliphatic hydroxyl groups is 1. The molecule has 1 aliphatic carbocycles. The van der Waals surface area contributed by atoms with Gasteiger partial charge >= 0.3 is 0 Å². The molecule has 0 unspecified atom stereocenters. The van der Waals surface area contributed by atoms with Gasteiger partial charge in [0.15, 0.2) is 0 Å². The van der Waals surface area contributed by atoms with Crippen molar-refractivity contribution in [3.05, 3.63) is 35.1 Å². The van der Waals surface area contributed by atoms with Crippen LogP contribution in [0.5, 0.6) is 0 Å². The van der Waals surface area contributed by atoms with Crippen LogP contribution in [-0.4, -0.2) is 5.11 Å². The summed E-state index contributed by atoms with van der Waals surface area (Å²) in [5.74, 6) is 0.457. The van der Waals surface area contributed by atoms with Crippen molar-refractivity contribution in [1.29, 1.82) is 0 Å². The Morgan fingerprint density at radius 2 is 1.94 bits per heavy atom. The first-order chi connectivity index (χ1) is 7.53. The Morgan fingerprint density at radius 3 is 2.56 bits per heavy atom. The summed E-state index contributed by atoms with van der Waals surface area (Å²) in [6.45, 7) is 3.96. The number of halogens is 1. The van der Waals surface area contributed by atoms with E-state index >= 15 is 0 Å². The molecule has 2 rings (SSSR count). The first-order valence-electron chi connectivity index (χ1n) is 6.01. The fraction of sp³-hybridized carbons (Fsp3) is 0.571. The molecule has 0 aromatic heterocycles. The summed E-state index contributed by atoms with van der Waals surface area (Å²) in [5, 5.41) is 10.6. The number of hydrogen-bond acceptors (Lipinski definition) is 1. The Labute approximate surface area is 96.3 Å². The smallest absolute Gasteiger partial charge is 0.126 e. The van der Waals surface area contributed by atoms with E-state index in [-0.39, 0.29) is 5.82 Å². The normalized spacial score (nSPS) is 30.4. The van der Waals surface area contributed by atoms with Crippen LogP contribution < -0.4 is 0 Å². The standard InChI is InChI=1S/C14H19FO/c1-10-6-8-14(16,9-7-10)12-4-3-5-13(15)11(12)2/h3-5,10,16H,6-9H2,1-2H3. The van der Waals surface area contributed by atoms with Crippen LogP contribution in [0.4, 0.5) is 4.39 Å². The van der Waals surface area contributed by atoms with Gasteiger partial charge in [0.25, 0.3) is 0 Å².